The van der Waals surface area contributed by atoms with Crippen molar-refractivity contribution >= 4 is 11.9 Å². The Kier molecular flexibility index (Phi) is 9.62. The first-order valence-corrected chi connectivity index (χ1v) is 9.15. The number of carboxylic acids is 1. The highest BCUT2D eigenvalue weighted by Gasteiger charge is 2.39. The van der Waals surface area contributed by atoms with Gasteiger partial charge < -0.3 is 29.4 Å². The van der Waals surface area contributed by atoms with Gasteiger partial charge in [0.15, 0.2) is 0 Å². The van der Waals surface area contributed by atoms with E-state index in [0.29, 0.717) is 58.0 Å². The quantitative estimate of drug-likeness (QED) is 0.318. The highest BCUT2D eigenvalue weighted by molar-refractivity contribution is 5.79. The number of carbonyl (C=O) groups excluding carboxylic acids is 1. The van der Waals surface area contributed by atoms with Crippen LogP contribution in [-0.2, 0) is 28.5 Å². The van der Waals surface area contributed by atoms with Gasteiger partial charge in [0, 0.05) is 12.5 Å². The van der Waals surface area contributed by atoms with Gasteiger partial charge in [-0.15, -0.1) is 0 Å². The number of aliphatic carboxylic acids is 1. The number of amides is 1. The largest absolute Gasteiger partial charge is 0.480 e. The molecule has 0 saturated heterocycles. The van der Waals surface area contributed by atoms with Crippen LogP contribution in [0.2, 0.25) is 0 Å². The Morgan fingerprint density at radius 1 is 0.885 bits per heavy atom. The third-order valence-electron chi connectivity index (χ3n) is 4.50. The van der Waals surface area contributed by atoms with Crippen LogP contribution in [0.1, 0.15) is 12.8 Å². The minimum absolute atomic E-state index is 0.142. The predicted molar refractivity (Wildman–Crippen MR) is 92.8 cm³/mol. The average Bonchev–Trinajstić information content (AvgIpc) is 3.25. The van der Waals surface area contributed by atoms with Crippen LogP contribution in [0.25, 0.3) is 0 Å². The standard InChI is InChI=1S/C18H29NO7/c20-17(21)13-26-10-9-25-8-7-24-6-5-23-4-3-19-18(22)16-12-14-1-2-15(16)11-14/h1-2,14-16H,3-13H2,(H,19,22)(H,20,21). The first-order chi connectivity index (χ1) is 12.7. The summed E-state index contributed by atoms with van der Waals surface area (Å²) in [4.78, 5) is 22.3. The van der Waals surface area contributed by atoms with Crippen LogP contribution in [0.15, 0.2) is 12.2 Å². The topological polar surface area (TPSA) is 103 Å². The minimum Gasteiger partial charge on any atom is -0.480 e. The predicted octanol–water partition coefficient (Wildman–Crippen LogP) is 0.466. The van der Waals surface area contributed by atoms with Gasteiger partial charge in [0.1, 0.15) is 6.61 Å². The van der Waals surface area contributed by atoms with Gasteiger partial charge in [-0.3, -0.25) is 4.79 Å². The van der Waals surface area contributed by atoms with Crippen molar-refractivity contribution in [1.82, 2.24) is 5.32 Å². The SMILES string of the molecule is O=C(O)COCCOCCOCCOCCNC(=O)C1CC2C=CC1C2. The van der Waals surface area contributed by atoms with Gasteiger partial charge in [-0.1, -0.05) is 12.2 Å². The molecule has 1 amide bonds. The second-order valence-corrected chi connectivity index (χ2v) is 6.46. The molecule has 0 spiro atoms. The molecule has 8 nitrogen and oxygen atoms in total. The second-order valence-electron chi connectivity index (χ2n) is 6.46. The number of fused-ring (bicyclic) bond motifs is 2. The number of hydrogen-bond donors (Lipinski definition) is 2. The van der Waals surface area contributed by atoms with Gasteiger partial charge in [-0.25, -0.2) is 4.79 Å². The molecular formula is C18H29NO7. The molecule has 26 heavy (non-hydrogen) atoms. The number of hydrogen-bond acceptors (Lipinski definition) is 6. The molecule has 1 saturated carbocycles. The van der Waals surface area contributed by atoms with Crippen molar-refractivity contribution in [2.24, 2.45) is 17.8 Å². The van der Waals surface area contributed by atoms with E-state index in [0.717, 1.165) is 12.8 Å². The fourth-order valence-corrected chi connectivity index (χ4v) is 3.28. The van der Waals surface area contributed by atoms with E-state index in [1.54, 1.807) is 0 Å². The fourth-order valence-electron chi connectivity index (χ4n) is 3.28. The maximum absolute atomic E-state index is 12.1. The lowest BCUT2D eigenvalue weighted by atomic mass is 9.93. The van der Waals surface area contributed by atoms with E-state index < -0.39 is 5.97 Å². The third kappa shape index (κ3) is 7.82. The smallest absolute Gasteiger partial charge is 0.329 e. The molecule has 3 atom stereocenters. The molecule has 148 valence electrons. The van der Waals surface area contributed by atoms with Crippen molar-refractivity contribution in [2.75, 3.05) is 59.4 Å². The zero-order chi connectivity index (χ0) is 18.6. The maximum atomic E-state index is 12.1. The molecule has 8 heteroatoms. The molecule has 2 aliphatic rings. The van der Waals surface area contributed by atoms with E-state index in [9.17, 15) is 9.59 Å². The molecule has 2 aliphatic carbocycles. The van der Waals surface area contributed by atoms with Gasteiger partial charge in [-0.05, 0) is 24.7 Å². The lowest BCUT2D eigenvalue weighted by molar-refractivity contribution is -0.142. The van der Waals surface area contributed by atoms with Gasteiger partial charge >= 0.3 is 5.97 Å². The van der Waals surface area contributed by atoms with Crippen molar-refractivity contribution in [3.05, 3.63) is 12.2 Å². The highest BCUT2D eigenvalue weighted by atomic mass is 16.6. The number of rotatable bonds is 15. The first-order valence-electron chi connectivity index (χ1n) is 9.15. The van der Waals surface area contributed by atoms with Crippen molar-refractivity contribution in [2.45, 2.75) is 12.8 Å². The van der Waals surface area contributed by atoms with Crippen LogP contribution in [0.4, 0.5) is 0 Å². The number of nitrogens with one attached hydrogen (secondary N) is 1. The van der Waals surface area contributed by atoms with Crippen molar-refractivity contribution < 1.29 is 33.6 Å². The maximum Gasteiger partial charge on any atom is 0.329 e. The fraction of sp³-hybridized carbons (Fsp3) is 0.778. The van der Waals surface area contributed by atoms with E-state index in [-0.39, 0.29) is 25.0 Å². The summed E-state index contributed by atoms with van der Waals surface area (Å²) in [5, 5.41) is 11.3. The molecule has 0 heterocycles. The minimum atomic E-state index is -0.990. The Labute approximate surface area is 153 Å². The first kappa shape index (κ1) is 20.8. The number of allylic oxidation sites excluding steroid dienone is 2. The Hall–Kier alpha value is -1.48. The molecule has 0 aromatic carbocycles. The molecule has 2 rings (SSSR count). The molecule has 0 radical (unpaired) electrons. The molecule has 0 aromatic rings. The number of carboxylic acid groups (broad SMARTS) is 1. The van der Waals surface area contributed by atoms with Crippen molar-refractivity contribution in [1.29, 1.82) is 0 Å². The van der Waals surface area contributed by atoms with Crippen LogP contribution in [0.3, 0.4) is 0 Å². The molecule has 1 fully saturated rings. The molecular weight excluding hydrogens is 342 g/mol. The number of carbonyl (C=O) groups is 2. The molecule has 0 aromatic heterocycles. The lowest BCUT2D eigenvalue weighted by Crippen LogP contribution is -2.35. The summed E-state index contributed by atoms with van der Waals surface area (Å²) in [7, 11) is 0. The Morgan fingerprint density at radius 3 is 2.04 bits per heavy atom. The van der Waals surface area contributed by atoms with Gasteiger partial charge in [-0.2, -0.15) is 0 Å². The Balaban J connectivity index is 1.30. The van der Waals surface area contributed by atoms with Gasteiger partial charge in [0.2, 0.25) is 5.91 Å². The highest BCUT2D eigenvalue weighted by Crippen LogP contribution is 2.43. The second kappa shape index (κ2) is 12.0. The zero-order valence-corrected chi connectivity index (χ0v) is 15.1. The van der Waals surface area contributed by atoms with E-state index in [1.807, 2.05) is 0 Å². The van der Waals surface area contributed by atoms with E-state index >= 15 is 0 Å². The summed E-state index contributed by atoms with van der Waals surface area (Å²) >= 11 is 0. The van der Waals surface area contributed by atoms with E-state index in [4.69, 9.17) is 24.1 Å². The van der Waals surface area contributed by atoms with Crippen LogP contribution in [0.5, 0.6) is 0 Å². The summed E-state index contributed by atoms with van der Waals surface area (Å²) in [6.45, 7) is 3.07. The van der Waals surface area contributed by atoms with Crippen molar-refractivity contribution in [3.8, 4) is 0 Å². The molecule has 2 bridgehead atoms. The summed E-state index contributed by atoms with van der Waals surface area (Å²) in [6.07, 6.45) is 6.52. The van der Waals surface area contributed by atoms with Gasteiger partial charge in [0.05, 0.1) is 46.2 Å². The Morgan fingerprint density at radius 2 is 1.50 bits per heavy atom. The average molecular weight is 371 g/mol. The summed E-state index contributed by atoms with van der Waals surface area (Å²) < 4.78 is 20.8. The van der Waals surface area contributed by atoms with E-state index in [1.165, 1.54) is 0 Å². The van der Waals surface area contributed by atoms with Crippen molar-refractivity contribution in [3.63, 3.8) is 0 Å². The van der Waals surface area contributed by atoms with E-state index in [2.05, 4.69) is 17.5 Å². The van der Waals surface area contributed by atoms with Crippen LogP contribution in [0, 0.1) is 17.8 Å². The zero-order valence-electron chi connectivity index (χ0n) is 15.1. The van der Waals surface area contributed by atoms with Gasteiger partial charge in [0.25, 0.3) is 0 Å². The number of ether oxygens (including phenoxy) is 4. The monoisotopic (exact) mass is 371 g/mol. The summed E-state index contributed by atoms with van der Waals surface area (Å²) in [6, 6.07) is 0. The van der Waals surface area contributed by atoms with Crippen LogP contribution < -0.4 is 5.32 Å². The summed E-state index contributed by atoms with van der Waals surface area (Å²) in [5.74, 6) is 0.329. The lowest BCUT2D eigenvalue weighted by Gasteiger charge is -2.17. The third-order valence-corrected chi connectivity index (χ3v) is 4.50. The van der Waals surface area contributed by atoms with Crippen LogP contribution >= 0.6 is 0 Å². The normalized spacial score (nSPS) is 23.5. The molecule has 3 unspecified atom stereocenters. The molecule has 0 aliphatic heterocycles. The summed E-state index contributed by atoms with van der Waals surface area (Å²) in [5.41, 5.74) is 0. The Bertz CT molecular complexity index is 468. The molecule has 2 N–H and O–H groups in total. The van der Waals surface area contributed by atoms with Crippen LogP contribution in [-0.4, -0.2) is 76.4 Å².